The van der Waals surface area contributed by atoms with Crippen molar-refractivity contribution in [2.45, 2.75) is 37.9 Å². The molecule has 1 aliphatic rings. The summed E-state index contributed by atoms with van der Waals surface area (Å²) in [5.74, 6) is 0. The lowest BCUT2D eigenvalue weighted by molar-refractivity contribution is 0.367. The number of hydrogen-bond acceptors (Lipinski definition) is 1. The van der Waals surface area contributed by atoms with Gasteiger partial charge in [-0.3, -0.25) is 0 Å². The van der Waals surface area contributed by atoms with Gasteiger partial charge in [0.05, 0.1) is 11.5 Å². The third-order valence-corrected chi connectivity index (χ3v) is 1.87. The molecule has 1 aliphatic heterocycles. The van der Waals surface area contributed by atoms with E-state index in [-0.39, 0.29) is 11.5 Å². The fourth-order valence-corrected chi connectivity index (χ4v) is 1.29. The fraction of sp³-hybridized carbons (Fsp3) is 0.750. The minimum absolute atomic E-state index is 0.143. The summed E-state index contributed by atoms with van der Waals surface area (Å²) in [5.41, 5.74) is 1.17. The van der Waals surface area contributed by atoms with Crippen LogP contribution in [-0.2, 0) is 4.74 Å². The van der Waals surface area contributed by atoms with E-state index < -0.39 is 0 Å². The van der Waals surface area contributed by atoms with Crippen molar-refractivity contribution >= 4 is 11.6 Å². The van der Waals surface area contributed by atoms with Crippen LogP contribution in [-0.4, -0.2) is 17.6 Å². The van der Waals surface area contributed by atoms with Crippen LogP contribution in [0.3, 0.4) is 0 Å². The van der Waals surface area contributed by atoms with E-state index in [9.17, 15) is 0 Å². The van der Waals surface area contributed by atoms with Gasteiger partial charge in [-0.25, -0.2) is 0 Å². The second kappa shape index (κ2) is 2.93. The van der Waals surface area contributed by atoms with Gasteiger partial charge in [0.1, 0.15) is 6.10 Å². The number of hydrogen-bond donors (Lipinski definition) is 0. The third kappa shape index (κ3) is 1.99. The Morgan fingerprint density at radius 3 is 2.70 bits per heavy atom. The zero-order valence-corrected chi connectivity index (χ0v) is 7.19. The van der Waals surface area contributed by atoms with Gasteiger partial charge >= 0.3 is 0 Å². The van der Waals surface area contributed by atoms with E-state index in [0.717, 1.165) is 6.42 Å². The number of rotatable bonds is 3. The molecule has 0 aromatic rings. The summed E-state index contributed by atoms with van der Waals surface area (Å²) in [7, 11) is 0. The number of epoxide rings is 1. The van der Waals surface area contributed by atoms with Crippen molar-refractivity contribution in [1.82, 2.24) is 0 Å². The Balaban J connectivity index is 2.19. The van der Waals surface area contributed by atoms with Crippen molar-refractivity contribution in [2.75, 3.05) is 0 Å². The van der Waals surface area contributed by atoms with Crippen LogP contribution in [0.2, 0.25) is 0 Å². The van der Waals surface area contributed by atoms with Gasteiger partial charge in [0.2, 0.25) is 0 Å². The van der Waals surface area contributed by atoms with Gasteiger partial charge in [-0.1, -0.05) is 5.57 Å². The van der Waals surface area contributed by atoms with Crippen molar-refractivity contribution in [2.24, 2.45) is 0 Å². The molecule has 3 atom stereocenters. The SMILES string of the molecule is C=C(C)C[C@@H]1O[C@H]1[C@@H](C)Cl. The van der Waals surface area contributed by atoms with Gasteiger partial charge in [0.15, 0.2) is 0 Å². The number of alkyl halides is 1. The van der Waals surface area contributed by atoms with Crippen molar-refractivity contribution in [3.8, 4) is 0 Å². The zero-order valence-electron chi connectivity index (χ0n) is 6.43. The highest BCUT2D eigenvalue weighted by atomic mass is 35.5. The van der Waals surface area contributed by atoms with Crippen molar-refractivity contribution in [1.29, 1.82) is 0 Å². The molecule has 1 heterocycles. The van der Waals surface area contributed by atoms with Crippen molar-refractivity contribution < 1.29 is 4.74 Å². The summed E-state index contributed by atoms with van der Waals surface area (Å²) >= 11 is 5.80. The van der Waals surface area contributed by atoms with Crippen LogP contribution >= 0.6 is 11.6 Å². The normalized spacial score (nSPS) is 33.5. The summed E-state index contributed by atoms with van der Waals surface area (Å²) in [5, 5.41) is 0.143. The van der Waals surface area contributed by atoms with Crippen LogP contribution in [0.15, 0.2) is 12.2 Å². The predicted molar refractivity (Wildman–Crippen MR) is 43.4 cm³/mol. The molecular weight excluding hydrogens is 148 g/mol. The number of ether oxygens (including phenoxy) is 1. The summed E-state index contributed by atoms with van der Waals surface area (Å²) < 4.78 is 5.30. The van der Waals surface area contributed by atoms with Gasteiger partial charge in [-0.15, -0.1) is 18.2 Å². The lowest BCUT2D eigenvalue weighted by Crippen LogP contribution is -2.05. The summed E-state index contributed by atoms with van der Waals surface area (Å²) in [6, 6.07) is 0. The van der Waals surface area contributed by atoms with E-state index in [2.05, 4.69) is 6.58 Å². The molecule has 0 radical (unpaired) electrons. The summed E-state index contributed by atoms with van der Waals surface area (Å²) in [4.78, 5) is 0. The highest BCUT2D eigenvalue weighted by Crippen LogP contribution is 2.32. The molecule has 1 rings (SSSR count). The summed E-state index contributed by atoms with van der Waals surface area (Å²) in [6.45, 7) is 7.78. The molecule has 0 bridgehead atoms. The topological polar surface area (TPSA) is 12.5 Å². The molecule has 0 spiro atoms. The van der Waals surface area contributed by atoms with Gasteiger partial charge in [-0.2, -0.15) is 0 Å². The highest BCUT2D eigenvalue weighted by Gasteiger charge is 2.41. The Morgan fingerprint density at radius 1 is 1.80 bits per heavy atom. The van der Waals surface area contributed by atoms with Crippen LogP contribution in [0.4, 0.5) is 0 Å². The van der Waals surface area contributed by atoms with E-state index >= 15 is 0 Å². The second-order valence-electron chi connectivity index (χ2n) is 2.98. The maximum absolute atomic E-state index is 5.80. The molecular formula is C8H13ClO. The van der Waals surface area contributed by atoms with E-state index in [4.69, 9.17) is 16.3 Å². The first-order valence-electron chi connectivity index (χ1n) is 3.55. The lowest BCUT2D eigenvalue weighted by Gasteiger charge is -1.94. The second-order valence-corrected chi connectivity index (χ2v) is 3.67. The standard InChI is InChI=1S/C8H13ClO/c1-5(2)4-7-8(10-7)6(3)9/h6-8H,1,4H2,2-3H3/t6-,7+,8+/m1/s1. The van der Waals surface area contributed by atoms with Gasteiger partial charge in [0.25, 0.3) is 0 Å². The molecule has 0 amide bonds. The molecule has 0 N–H and O–H groups in total. The molecule has 0 unspecified atom stereocenters. The largest absolute Gasteiger partial charge is 0.368 e. The van der Waals surface area contributed by atoms with Gasteiger partial charge in [-0.05, 0) is 20.3 Å². The minimum atomic E-state index is 0.143. The number of halogens is 1. The first-order chi connectivity index (χ1) is 4.61. The Bertz CT molecular complexity index is 142. The average Bonchev–Trinajstić information content (AvgIpc) is 2.43. The third-order valence-electron chi connectivity index (χ3n) is 1.62. The Kier molecular flexibility index (Phi) is 2.37. The van der Waals surface area contributed by atoms with Crippen LogP contribution in [0.1, 0.15) is 20.3 Å². The summed E-state index contributed by atoms with van der Waals surface area (Å²) in [6.07, 6.45) is 1.59. The van der Waals surface area contributed by atoms with E-state index in [1.807, 2.05) is 13.8 Å². The molecule has 58 valence electrons. The van der Waals surface area contributed by atoms with Crippen LogP contribution in [0.25, 0.3) is 0 Å². The average molecular weight is 161 g/mol. The van der Waals surface area contributed by atoms with Crippen LogP contribution in [0.5, 0.6) is 0 Å². The Labute approximate surface area is 67.0 Å². The Hall–Kier alpha value is -0.0100. The lowest BCUT2D eigenvalue weighted by atomic mass is 10.1. The maximum atomic E-state index is 5.80. The quantitative estimate of drug-likeness (QED) is 0.351. The molecule has 2 heteroatoms. The maximum Gasteiger partial charge on any atom is 0.101 e. The fourth-order valence-electron chi connectivity index (χ4n) is 1.07. The minimum Gasteiger partial charge on any atom is -0.368 e. The van der Waals surface area contributed by atoms with Crippen LogP contribution < -0.4 is 0 Å². The Morgan fingerprint density at radius 2 is 2.40 bits per heavy atom. The molecule has 10 heavy (non-hydrogen) atoms. The zero-order chi connectivity index (χ0) is 7.72. The first kappa shape index (κ1) is 8.09. The van der Waals surface area contributed by atoms with Crippen molar-refractivity contribution in [3.63, 3.8) is 0 Å². The highest BCUT2D eigenvalue weighted by molar-refractivity contribution is 6.21. The van der Waals surface area contributed by atoms with Gasteiger partial charge in [0, 0.05) is 0 Å². The molecule has 1 fully saturated rings. The smallest absolute Gasteiger partial charge is 0.101 e. The molecule has 1 nitrogen and oxygen atoms in total. The molecule has 1 saturated heterocycles. The molecule has 0 aromatic carbocycles. The van der Waals surface area contributed by atoms with Crippen molar-refractivity contribution in [3.05, 3.63) is 12.2 Å². The molecule has 0 aliphatic carbocycles. The molecule has 0 aromatic heterocycles. The first-order valence-corrected chi connectivity index (χ1v) is 3.99. The molecule has 0 saturated carbocycles. The van der Waals surface area contributed by atoms with Crippen LogP contribution in [0, 0.1) is 0 Å². The van der Waals surface area contributed by atoms with E-state index in [0.29, 0.717) is 6.10 Å². The van der Waals surface area contributed by atoms with E-state index in [1.54, 1.807) is 0 Å². The predicted octanol–water partition coefficient (Wildman–Crippen LogP) is 2.35. The van der Waals surface area contributed by atoms with E-state index in [1.165, 1.54) is 5.57 Å². The van der Waals surface area contributed by atoms with Gasteiger partial charge < -0.3 is 4.74 Å². The monoisotopic (exact) mass is 160 g/mol.